The van der Waals surface area contributed by atoms with Crippen molar-refractivity contribution in [3.05, 3.63) is 68.4 Å². The molecule has 2 atom stereocenters. The van der Waals surface area contributed by atoms with E-state index in [1.807, 2.05) is 26.0 Å². The number of aromatic nitrogens is 2. The van der Waals surface area contributed by atoms with Gasteiger partial charge >= 0.3 is 0 Å². The van der Waals surface area contributed by atoms with Gasteiger partial charge in [-0.3, -0.25) is 29.1 Å². The molecule has 2 aromatic rings. The summed E-state index contributed by atoms with van der Waals surface area (Å²) < 4.78 is 28.6. The van der Waals surface area contributed by atoms with E-state index in [4.69, 9.17) is 11.6 Å². The van der Waals surface area contributed by atoms with E-state index in [0.717, 1.165) is 6.20 Å². The first-order valence-electron chi connectivity index (χ1n) is 9.63. The Bertz CT molecular complexity index is 1230. The molecule has 2 amide bonds. The molecule has 2 bridgehead atoms. The minimum Gasteiger partial charge on any atom is -0.502 e. The molecule has 0 fully saturated rings. The van der Waals surface area contributed by atoms with Crippen LogP contribution < -0.4 is 15.8 Å². The van der Waals surface area contributed by atoms with E-state index >= 15 is 0 Å². The van der Waals surface area contributed by atoms with Crippen LogP contribution in [0.1, 0.15) is 40.4 Å². The molecule has 12 heteroatoms. The summed E-state index contributed by atoms with van der Waals surface area (Å²) in [5.74, 6) is -4.55. The zero-order chi connectivity index (χ0) is 23.3. The number of nitrogens with zero attached hydrogens (tertiary/aromatic N) is 4. The highest BCUT2D eigenvalue weighted by Gasteiger charge is 2.38. The Morgan fingerprint density at radius 1 is 1.28 bits per heavy atom. The van der Waals surface area contributed by atoms with Crippen molar-refractivity contribution < 1.29 is 23.5 Å². The third-order valence-corrected chi connectivity index (χ3v) is 5.83. The lowest BCUT2D eigenvalue weighted by Crippen LogP contribution is -2.57. The summed E-state index contributed by atoms with van der Waals surface area (Å²) in [6.07, 6.45) is 5.57. The molecule has 0 spiro atoms. The van der Waals surface area contributed by atoms with Gasteiger partial charge in [0, 0.05) is 12.2 Å². The van der Waals surface area contributed by atoms with Crippen LogP contribution in [0, 0.1) is 11.6 Å². The van der Waals surface area contributed by atoms with E-state index in [1.54, 1.807) is 5.01 Å². The highest BCUT2D eigenvalue weighted by Crippen LogP contribution is 2.26. The van der Waals surface area contributed by atoms with Gasteiger partial charge in [-0.05, 0) is 13.8 Å². The number of rotatable bonds is 3. The lowest BCUT2D eigenvalue weighted by Gasteiger charge is -2.41. The maximum atomic E-state index is 14.0. The summed E-state index contributed by atoms with van der Waals surface area (Å²) in [4.78, 5) is 43.3. The maximum absolute atomic E-state index is 14.0. The third-order valence-electron chi connectivity index (χ3n) is 5.48. The Morgan fingerprint density at radius 3 is 2.69 bits per heavy atom. The van der Waals surface area contributed by atoms with Gasteiger partial charge < -0.3 is 15.3 Å². The van der Waals surface area contributed by atoms with Gasteiger partial charge in [0.05, 0.1) is 24.5 Å². The molecule has 0 unspecified atom stereocenters. The number of nitrogens with one attached hydrogen (secondary N) is 1. The van der Waals surface area contributed by atoms with Crippen LogP contribution in [-0.4, -0.2) is 50.2 Å². The number of fused-ring (bicyclic) bond motifs is 4. The molecule has 2 aromatic heterocycles. The first-order chi connectivity index (χ1) is 15.1. The van der Waals surface area contributed by atoms with E-state index in [2.05, 4.69) is 10.3 Å². The molecule has 4 heterocycles. The monoisotopic (exact) mass is 465 g/mol. The van der Waals surface area contributed by atoms with E-state index in [9.17, 15) is 28.3 Å². The van der Waals surface area contributed by atoms with Crippen molar-refractivity contribution in [1.29, 1.82) is 0 Å². The van der Waals surface area contributed by atoms with Crippen LogP contribution >= 0.6 is 11.6 Å². The van der Waals surface area contributed by atoms with Gasteiger partial charge in [0.2, 0.25) is 5.43 Å². The van der Waals surface area contributed by atoms with Gasteiger partial charge in [0.25, 0.3) is 11.8 Å². The van der Waals surface area contributed by atoms with Crippen LogP contribution in [0.15, 0.2) is 29.3 Å². The first-order valence-corrected chi connectivity index (χ1v) is 10.0. The zero-order valence-electron chi connectivity index (χ0n) is 17.0. The lowest BCUT2D eigenvalue weighted by atomic mass is 10.1. The molecule has 2 N–H and O–H groups in total. The molecule has 168 valence electrons. The highest BCUT2D eigenvalue weighted by molar-refractivity contribution is 6.30. The average Bonchev–Trinajstić information content (AvgIpc) is 2.89. The van der Waals surface area contributed by atoms with E-state index in [-0.39, 0.29) is 30.1 Å². The molecule has 0 radical (unpaired) electrons. The predicted octanol–water partition coefficient (Wildman–Crippen LogP) is 1.51. The number of aromatic hydroxyl groups is 1. The second-order valence-corrected chi connectivity index (χ2v) is 7.88. The van der Waals surface area contributed by atoms with Crippen molar-refractivity contribution in [3.63, 3.8) is 0 Å². The number of carbonyl (C=O) groups excluding carboxylic acids is 2. The van der Waals surface area contributed by atoms with Gasteiger partial charge in [0.15, 0.2) is 23.1 Å². The Hall–Kier alpha value is -3.47. The molecular formula is C20H18ClF2N5O4. The molecule has 9 nitrogen and oxygen atoms in total. The molecule has 2 aliphatic rings. The van der Waals surface area contributed by atoms with Gasteiger partial charge in [0.1, 0.15) is 17.3 Å². The summed E-state index contributed by atoms with van der Waals surface area (Å²) in [5, 5.41) is 13.8. The van der Waals surface area contributed by atoms with Gasteiger partial charge in [-0.15, -0.1) is 0 Å². The average molecular weight is 466 g/mol. The van der Waals surface area contributed by atoms with Crippen LogP contribution in [-0.2, 0) is 6.54 Å². The molecule has 0 saturated carbocycles. The topological polar surface area (TPSA) is 108 Å². The number of amides is 2. The highest BCUT2D eigenvalue weighted by atomic mass is 35.5. The third kappa shape index (κ3) is 3.38. The Kier molecular flexibility index (Phi) is 5.37. The van der Waals surface area contributed by atoms with E-state index in [0.29, 0.717) is 6.20 Å². The minimum atomic E-state index is -1.14. The van der Waals surface area contributed by atoms with Crippen LogP contribution in [0.4, 0.5) is 8.78 Å². The molecule has 0 saturated heterocycles. The second-order valence-electron chi connectivity index (χ2n) is 7.50. The number of carbonyl (C=O) groups is 2. The molecule has 32 heavy (non-hydrogen) atoms. The van der Waals surface area contributed by atoms with E-state index < -0.39 is 51.8 Å². The van der Waals surface area contributed by atoms with Crippen molar-refractivity contribution in [2.24, 2.45) is 0 Å². The minimum absolute atomic E-state index is 0.174. The van der Waals surface area contributed by atoms with Gasteiger partial charge in [-0.25, -0.2) is 8.78 Å². The molecule has 2 aliphatic heterocycles. The van der Waals surface area contributed by atoms with Crippen LogP contribution in [0.5, 0.6) is 5.75 Å². The molecule has 0 aromatic carbocycles. The fourth-order valence-electron chi connectivity index (χ4n) is 3.60. The summed E-state index contributed by atoms with van der Waals surface area (Å²) >= 11 is 5.50. The summed E-state index contributed by atoms with van der Waals surface area (Å²) in [6.45, 7) is 3.35. The van der Waals surface area contributed by atoms with E-state index in [1.165, 1.54) is 9.58 Å². The summed E-state index contributed by atoms with van der Waals surface area (Å²) in [7, 11) is 0. The standard InChI is InChI=1S/C20H18ClF2N5O4/c1-9-3-4-10(2)28-8-26(9)20(32)16-18(30)17(29)11(7-27(16)28)19(31)25-6-13-15(23)14(21)12(22)5-24-13/h3-5,7,9-10,30H,6,8H2,1-2H3,(H,25,31)/t9-,10+/m0/s1. The normalized spacial score (nSPS) is 19.6. The number of hydrogen-bond acceptors (Lipinski definition) is 6. The smallest absolute Gasteiger partial charge is 0.278 e. The molecule has 4 rings (SSSR count). The van der Waals surface area contributed by atoms with Gasteiger partial charge in [-0.2, -0.15) is 0 Å². The van der Waals surface area contributed by atoms with Crippen molar-refractivity contribution in [2.45, 2.75) is 32.5 Å². The lowest BCUT2D eigenvalue weighted by molar-refractivity contribution is 0.0652. The van der Waals surface area contributed by atoms with Crippen molar-refractivity contribution in [2.75, 3.05) is 11.7 Å². The predicted molar refractivity (Wildman–Crippen MR) is 110 cm³/mol. The number of halogens is 3. The molecule has 0 aliphatic carbocycles. The maximum Gasteiger partial charge on any atom is 0.278 e. The molecular weight excluding hydrogens is 448 g/mol. The van der Waals surface area contributed by atoms with Gasteiger partial charge in [-0.1, -0.05) is 23.8 Å². The first kappa shape index (κ1) is 21.8. The zero-order valence-corrected chi connectivity index (χ0v) is 17.7. The van der Waals surface area contributed by atoms with Crippen LogP contribution in [0.3, 0.4) is 0 Å². The summed E-state index contributed by atoms with van der Waals surface area (Å²) in [6, 6.07) is -0.474. The number of hydrogen-bond donors (Lipinski definition) is 2. The van der Waals surface area contributed by atoms with Crippen molar-refractivity contribution in [3.8, 4) is 5.75 Å². The Morgan fingerprint density at radius 2 is 1.97 bits per heavy atom. The Labute approximate surface area is 185 Å². The van der Waals surface area contributed by atoms with Crippen LogP contribution in [0.2, 0.25) is 5.02 Å². The fourth-order valence-corrected chi connectivity index (χ4v) is 3.76. The number of pyridine rings is 2. The second kappa shape index (κ2) is 7.90. The Balaban J connectivity index is 1.70. The quantitative estimate of drug-likeness (QED) is 0.665. The SMILES string of the molecule is C[C@@H]1C=C[C@H](C)N2CN1n1cc(C(=O)NCc3ncc(F)c(Cl)c3F)c(=O)c(O)c1C2=O. The largest absolute Gasteiger partial charge is 0.502 e. The van der Waals surface area contributed by atoms with Crippen LogP contribution in [0.25, 0.3) is 0 Å². The fraction of sp³-hybridized carbons (Fsp3) is 0.300. The van der Waals surface area contributed by atoms with Crippen molar-refractivity contribution in [1.82, 2.24) is 19.9 Å². The van der Waals surface area contributed by atoms with Crippen molar-refractivity contribution >= 4 is 23.4 Å². The summed E-state index contributed by atoms with van der Waals surface area (Å²) in [5.41, 5.74) is -2.10.